The van der Waals surface area contributed by atoms with Crippen LogP contribution in [0, 0.1) is 6.92 Å². The molecule has 0 unspecified atom stereocenters. The van der Waals surface area contributed by atoms with E-state index in [0.717, 1.165) is 33.5 Å². The summed E-state index contributed by atoms with van der Waals surface area (Å²) in [5, 5.41) is 12.6. The molecule has 0 bridgehead atoms. The molecule has 0 aliphatic carbocycles. The zero-order chi connectivity index (χ0) is 18.1. The normalized spacial score (nSPS) is 11.2. The Morgan fingerprint density at radius 3 is 2.73 bits per heavy atom. The molecule has 0 spiro atoms. The van der Waals surface area contributed by atoms with Crippen LogP contribution in [0.5, 0.6) is 0 Å². The average molecular weight is 366 g/mol. The fourth-order valence-corrected chi connectivity index (χ4v) is 3.55. The summed E-state index contributed by atoms with van der Waals surface area (Å²) in [6.07, 6.45) is 1.80. The van der Waals surface area contributed by atoms with Gasteiger partial charge in [0, 0.05) is 18.3 Å². The average Bonchev–Trinajstić information content (AvgIpc) is 3.34. The molecule has 4 rings (SSSR count). The molecule has 7 nitrogen and oxygen atoms in total. The first-order chi connectivity index (χ1) is 12.7. The fourth-order valence-electron chi connectivity index (χ4n) is 2.79. The molecular formula is C18H18N6OS. The predicted octanol–water partition coefficient (Wildman–Crippen LogP) is 2.91. The molecule has 3 heterocycles. The summed E-state index contributed by atoms with van der Waals surface area (Å²) < 4.78 is 3.54. The van der Waals surface area contributed by atoms with E-state index >= 15 is 0 Å². The SMILES string of the molecule is CCn1ccc(C(=O)NCc2c(-c3ccccc3)nc3sc(C)nn23)n1. The number of hydrogen-bond donors (Lipinski definition) is 1. The van der Waals surface area contributed by atoms with Gasteiger partial charge in [-0.1, -0.05) is 41.7 Å². The lowest BCUT2D eigenvalue weighted by Gasteiger charge is -2.05. The molecule has 8 heteroatoms. The summed E-state index contributed by atoms with van der Waals surface area (Å²) in [7, 11) is 0. The first kappa shape index (κ1) is 16.5. The van der Waals surface area contributed by atoms with Crippen molar-refractivity contribution < 1.29 is 4.79 Å². The van der Waals surface area contributed by atoms with Crippen LogP contribution in [0.4, 0.5) is 0 Å². The van der Waals surface area contributed by atoms with Gasteiger partial charge in [0.25, 0.3) is 5.91 Å². The second-order valence-electron chi connectivity index (χ2n) is 5.83. The summed E-state index contributed by atoms with van der Waals surface area (Å²) in [5.41, 5.74) is 3.10. The molecule has 3 aromatic heterocycles. The maximum atomic E-state index is 12.4. The molecule has 1 aromatic carbocycles. The number of hydrogen-bond acceptors (Lipinski definition) is 5. The van der Waals surface area contributed by atoms with Crippen LogP contribution >= 0.6 is 11.3 Å². The maximum absolute atomic E-state index is 12.4. The van der Waals surface area contributed by atoms with Crippen LogP contribution in [0.25, 0.3) is 16.2 Å². The highest BCUT2D eigenvalue weighted by molar-refractivity contribution is 7.16. The number of nitrogens with zero attached hydrogens (tertiary/aromatic N) is 5. The third-order valence-corrected chi connectivity index (χ3v) is 4.88. The minimum absolute atomic E-state index is 0.210. The van der Waals surface area contributed by atoms with E-state index < -0.39 is 0 Å². The highest BCUT2D eigenvalue weighted by Gasteiger charge is 2.18. The molecule has 0 radical (unpaired) electrons. The Hall–Kier alpha value is -3.00. The lowest BCUT2D eigenvalue weighted by Crippen LogP contribution is -2.24. The van der Waals surface area contributed by atoms with E-state index in [4.69, 9.17) is 4.98 Å². The quantitative estimate of drug-likeness (QED) is 0.589. The Balaban J connectivity index is 1.65. The van der Waals surface area contributed by atoms with Crippen molar-refractivity contribution in [3.05, 3.63) is 59.0 Å². The second-order valence-corrected chi connectivity index (χ2v) is 6.99. The van der Waals surface area contributed by atoms with Gasteiger partial charge in [0.2, 0.25) is 4.96 Å². The van der Waals surface area contributed by atoms with Crippen molar-refractivity contribution in [2.45, 2.75) is 26.9 Å². The maximum Gasteiger partial charge on any atom is 0.272 e. The highest BCUT2D eigenvalue weighted by atomic mass is 32.1. The molecule has 0 fully saturated rings. The monoisotopic (exact) mass is 366 g/mol. The summed E-state index contributed by atoms with van der Waals surface area (Å²) in [5.74, 6) is -0.210. The number of imidazole rings is 1. The Morgan fingerprint density at radius 1 is 1.19 bits per heavy atom. The molecule has 0 aliphatic heterocycles. The van der Waals surface area contributed by atoms with Crippen LogP contribution in [0.3, 0.4) is 0 Å². The van der Waals surface area contributed by atoms with E-state index in [1.165, 1.54) is 11.3 Å². The van der Waals surface area contributed by atoms with Gasteiger partial charge in [0.1, 0.15) is 10.7 Å². The number of fused-ring (bicyclic) bond motifs is 1. The van der Waals surface area contributed by atoms with E-state index in [1.807, 2.05) is 48.7 Å². The van der Waals surface area contributed by atoms with Crippen molar-refractivity contribution in [2.24, 2.45) is 0 Å². The number of amides is 1. The Labute approximate surface area is 154 Å². The number of aryl methyl sites for hydroxylation is 2. The van der Waals surface area contributed by atoms with Gasteiger partial charge in [0.05, 0.1) is 17.9 Å². The van der Waals surface area contributed by atoms with Crippen molar-refractivity contribution in [3.63, 3.8) is 0 Å². The minimum atomic E-state index is -0.210. The Kier molecular flexibility index (Phi) is 4.26. The zero-order valence-corrected chi connectivity index (χ0v) is 15.3. The van der Waals surface area contributed by atoms with E-state index in [-0.39, 0.29) is 5.91 Å². The van der Waals surface area contributed by atoms with Crippen LogP contribution in [0.1, 0.15) is 28.1 Å². The molecular weight excluding hydrogens is 348 g/mol. The summed E-state index contributed by atoms with van der Waals surface area (Å²) >= 11 is 1.53. The minimum Gasteiger partial charge on any atom is -0.345 e. The molecule has 1 N–H and O–H groups in total. The van der Waals surface area contributed by atoms with Crippen molar-refractivity contribution in [3.8, 4) is 11.3 Å². The van der Waals surface area contributed by atoms with Gasteiger partial charge in [0.15, 0.2) is 0 Å². The lowest BCUT2D eigenvalue weighted by atomic mass is 10.1. The van der Waals surface area contributed by atoms with Crippen LogP contribution in [0.15, 0.2) is 42.6 Å². The largest absolute Gasteiger partial charge is 0.345 e. The molecule has 132 valence electrons. The van der Waals surface area contributed by atoms with E-state index in [9.17, 15) is 4.79 Å². The third kappa shape index (κ3) is 2.99. The summed E-state index contributed by atoms with van der Waals surface area (Å²) in [6.45, 7) is 4.98. The van der Waals surface area contributed by atoms with Crippen molar-refractivity contribution in [2.75, 3.05) is 0 Å². The molecule has 0 saturated carbocycles. The molecule has 26 heavy (non-hydrogen) atoms. The van der Waals surface area contributed by atoms with Crippen LogP contribution in [-0.2, 0) is 13.1 Å². The van der Waals surface area contributed by atoms with Crippen LogP contribution < -0.4 is 5.32 Å². The zero-order valence-electron chi connectivity index (χ0n) is 14.5. The van der Waals surface area contributed by atoms with Gasteiger partial charge >= 0.3 is 0 Å². The lowest BCUT2D eigenvalue weighted by molar-refractivity contribution is 0.0944. The fraction of sp³-hybridized carbons (Fsp3) is 0.222. The smallest absolute Gasteiger partial charge is 0.272 e. The summed E-state index contributed by atoms with van der Waals surface area (Å²) in [6, 6.07) is 11.6. The van der Waals surface area contributed by atoms with E-state index in [0.29, 0.717) is 12.2 Å². The molecule has 0 aliphatic rings. The number of aromatic nitrogens is 5. The highest BCUT2D eigenvalue weighted by Crippen LogP contribution is 2.26. The molecule has 1 amide bonds. The number of rotatable bonds is 5. The van der Waals surface area contributed by atoms with Gasteiger partial charge in [-0.25, -0.2) is 9.50 Å². The molecule has 4 aromatic rings. The van der Waals surface area contributed by atoms with Crippen molar-refractivity contribution in [1.29, 1.82) is 0 Å². The molecule has 0 atom stereocenters. The summed E-state index contributed by atoms with van der Waals surface area (Å²) in [4.78, 5) is 18.0. The topological polar surface area (TPSA) is 77.1 Å². The number of carbonyl (C=O) groups is 1. The third-order valence-electron chi connectivity index (χ3n) is 4.06. The number of carbonyl (C=O) groups excluding carboxylic acids is 1. The standard InChI is InChI=1S/C18H18N6OS/c1-3-23-10-9-14(22-23)17(25)19-11-15-16(13-7-5-4-6-8-13)20-18-24(15)21-12(2)26-18/h4-10H,3,11H2,1-2H3,(H,19,25). The van der Waals surface area contributed by atoms with E-state index in [2.05, 4.69) is 15.5 Å². The molecule has 0 saturated heterocycles. The first-order valence-electron chi connectivity index (χ1n) is 8.38. The van der Waals surface area contributed by atoms with Gasteiger partial charge in [-0.15, -0.1) is 0 Å². The van der Waals surface area contributed by atoms with Gasteiger partial charge in [-0.05, 0) is 19.9 Å². The number of benzene rings is 1. The van der Waals surface area contributed by atoms with Crippen LogP contribution in [0.2, 0.25) is 0 Å². The van der Waals surface area contributed by atoms with Gasteiger partial charge in [-0.3, -0.25) is 9.48 Å². The van der Waals surface area contributed by atoms with E-state index in [1.54, 1.807) is 16.9 Å². The Morgan fingerprint density at radius 2 is 2.00 bits per heavy atom. The van der Waals surface area contributed by atoms with Gasteiger partial charge in [-0.2, -0.15) is 10.2 Å². The first-order valence-corrected chi connectivity index (χ1v) is 9.19. The van der Waals surface area contributed by atoms with Crippen LogP contribution in [-0.4, -0.2) is 30.3 Å². The Bertz CT molecular complexity index is 1060. The van der Waals surface area contributed by atoms with Crippen molar-refractivity contribution in [1.82, 2.24) is 29.7 Å². The van der Waals surface area contributed by atoms with Gasteiger partial charge < -0.3 is 5.32 Å². The van der Waals surface area contributed by atoms with Crippen molar-refractivity contribution >= 4 is 22.2 Å². The second kappa shape index (κ2) is 6.72. The predicted molar refractivity (Wildman–Crippen MR) is 100 cm³/mol. The number of nitrogens with one attached hydrogen (secondary N) is 1.